The Kier molecular flexibility index (Phi) is 9.33. The average Bonchev–Trinajstić information content (AvgIpc) is 2.62. The Bertz CT molecular complexity index is 760. The van der Waals surface area contributed by atoms with Gasteiger partial charge in [-0.3, -0.25) is 0 Å². The highest BCUT2D eigenvalue weighted by Gasteiger charge is 2.16. The standard InChI is InChI=1S/C20H31N3O3S/c1-16(2)27(25,26)22-15-17(3)19-12-10-18(11-13-19)9-7-6-8-14-21-20(24)23(4)5/h10-13,16-17,22H,6,8,14-15H2,1-5H3,(H,21,24). The minimum Gasteiger partial charge on any atom is -0.338 e. The number of urea groups is 1. The normalized spacial score (nSPS) is 12.2. The number of nitrogens with zero attached hydrogens (tertiary/aromatic N) is 1. The van der Waals surface area contributed by atoms with Gasteiger partial charge in [-0.2, -0.15) is 0 Å². The van der Waals surface area contributed by atoms with Crippen molar-refractivity contribution in [2.24, 2.45) is 0 Å². The van der Waals surface area contributed by atoms with Gasteiger partial charge in [-0.05, 0) is 43.9 Å². The molecule has 0 aliphatic heterocycles. The maximum Gasteiger partial charge on any atom is 0.316 e. The van der Waals surface area contributed by atoms with E-state index in [2.05, 4.69) is 21.9 Å². The summed E-state index contributed by atoms with van der Waals surface area (Å²) in [6.45, 7) is 6.30. The number of hydrogen-bond donors (Lipinski definition) is 2. The van der Waals surface area contributed by atoms with Gasteiger partial charge in [0, 0.05) is 39.2 Å². The van der Waals surface area contributed by atoms with E-state index in [0.717, 1.165) is 17.5 Å². The molecule has 2 amide bonds. The van der Waals surface area contributed by atoms with Gasteiger partial charge in [-0.1, -0.05) is 30.9 Å². The molecule has 0 heterocycles. The first-order chi connectivity index (χ1) is 12.6. The smallest absolute Gasteiger partial charge is 0.316 e. The van der Waals surface area contributed by atoms with Crippen molar-refractivity contribution in [3.63, 3.8) is 0 Å². The summed E-state index contributed by atoms with van der Waals surface area (Å²) in [7, 11) is 0.174. The molecule has 0 aromatic heterocycles. The van der Waals surface area contributed by atoms with E-state index in [-0.39, 0.29) is 11.9 Å². The quantitative estimate of drug-likeness (QED) is 0.526. The second-order valence-corrected chi connectivity index (χ2v) is 9.32. The van der Waals surface area contributed by atoms with Gasteiger partial charge in [0.05, 0.1) is 5.25 Å². The molecule has 0 bridgehead atoms. The highest BCUT2D eigenvalue weighted by Crippen LogP contribution is 2.15. The van der Waals surface area contributed by atoms with Gasteiger partial charge in [-0.25, -0.2) is 17.9 Å². The van der Waals surface area contributed by atoms with Gasteiger partial charge >= 0.3 is 6.03 Å². The summed E-state index contributed by atoms with van der Waals surface area (Å²) in [5.74, 6) is 6.30. The van der Waals surface area contributed by atoms with Gasteiger partial charge in [0.1, 0.15) is 0 Å². The largest absolute Gasteiger partial charge is 0.338 e. The summed E-state index contributed by atoms with van der Waals surface area (Å²) in [4.78, 5) is 12.9. The summed E-state index contributed by atoms with van der Waals surface area (Å²) < 4.78 is 26.3. The topological polar surface area (TPSA) is 78.5 Å². The molecule has 1 rings (SSSR count). The summed E-state index contributed by atoms with van der Waals surface area (Å²) in [5.41, 5.74) is 1.99. The fourth-order valence-corrected chi connectivity index (χ4v) is 2.93. The van der Waals surface area contributed by atoms with Crippen molar-refractivity contribution in [1.29, 1.82) is 0 Å². The van der Waals surface area contributed by atoms with Crippen molar-refractivity contribution in [2.45, 2.75) is 44.8 Å². The maximum absolute atomic E-state index is 11.8. The summed E-state index contributed by atoms with van der Waals surface area (Å²) in [6.07, 6.45) is 1.51. The molecule has 7 heteroatoms. The van der Waals surface area contributed by atoms with E-state index in [1.165, 1.54) is 4.90 Å². The lowest BCUT2D eigenvalue weighted by molar-refractivity contribution is 0.217. The molecule has 0 saturated carbocycles. The zero-order valence-electron chi connectivity index (χ0n) is 16.9. The van der Waals surface area contributed by atoms with Crippen molar-refractivity contribution >= 4 is 16.1 Å². The van der Waals surface area contributed by atoms with Crippen LogP contribution < -0.4 is 10.0 Å². The second-order valence-electron chi connectivity index (χ2n) is 7.00. The van der Waals surface area contributed by atoms with Gasteiger partial charge < -0.3 is 10.2 Å². The van der Waals surface area contributed by atoms with Crippen molar-refractivity contribution in [2.75, 3.05) is 27.2 Å². The molecular weight excluding hydrogens is 362 g/mol. The molecule has 0 fully saturated rings. The molecule has 0 saturated heterocycles. The van der Waals surface area contributed by atoms with Crippen molar-refractivity contribution < 1.29 is 13.2 Å². The van der Waals surface area contributed by atoms with Gasteiger partial charge in [0.25, 0.3) is 0 Å². The maximum atomic E-state index is 11.8. The van der Waals surface area contributed by atoms with Crippen molar-refractivity contribution in [3.05, 3.63) is 35.4 Å². The molecule has 150 valence electrons. The van der Waals surface area contributed by atoms with Crippen LogP contribution in [-0.4, -0.2) is 51.8 Å². The summed E-state index contributed by atoms with van der Waals surface area (Å²) in [5, 5.41) is 2.37. The van der Waals surface area contributed by atoms with Crippen LogP contribution in [-0.2, 0) is 10.0 Å². The number of benzene rings is 1. The van der Waals surface area contributed by atoms with Crippen LogP contribution in [0.2, 0.25) is 0 Å². The van der Waals surface area contributed by atoms with Gasteiger partial charge in [-0.15, -0.1) is 0 Å². The Morgan fingerprint density at radius 2 is 1.78 bits per heavy atom. The van der Waals surface area contributed by atoms with Crippen LogP contribution in [0.15, 0.2) is 24.3 Å². The Labute approximate surface area is 163 Å². The zero-order chi connectivity index (χ0) is 20.4. The molecule has 1 unspecified atom stereocenters. The second kappa shape index (κ2) is 11.0. The molecule has 0 aliphatic carbocycles. The Hall–Kier alpha value is -2.04. The Morgan fingerprint density at radius 3 is 2.33 bits per heavy atom. The third-order valence-corrected chi connectivity index (χ3v) is 5.89. The number of carbonyl (C=O) groups excluding carboxylic acids is 1. The third kappa shape index (κ3) is 8.46. The monoisotopic (exact) mass is 393 g/mol. The fraction of sp³-hybridized carbons (Fsp3) is 0.550. The number of carbonyl (C=O) groups is 1. The first kappa shape index (κ1) is 23.0. The predicted octanol–water partition coefficient (Wildman–Crippen LogP) is 2.52. The molecule has 1 atom stereocenters. The molecule has 0 aliphatic rings. The predicted molar refractivity (Wildman–Crippen MR) is 110 cm³/mol. The van der Waals surface area contributed by atoms with E-state index >= 15 is 0 Å². The van der Waals surface area contributed by atoms with E-state index in [0.29, 0.717) is 19.5 Å². The van der Waals surface area contributed by atoms with Crippen LogP contribution in [0.25, 0.3) is 0 Å². The lowest BCUT2D eigenvalue weighted by Gasteiger charge is -2.15. The van der Waals surface area contributed by atoms with Crippen LogP contribution in [0.1, 0.15) is 50.7 Å². The van der Waals surface area contributed by atoms with Crippen LogP contribution in [0.3, 0.4) is 0 Å². The molecule has 0 spiro atoms. The minimum absolute atomic E-state index is 0.0841. The van der Waals surface area contributed by atoms with Crippen LogP contribution >= 0.6 is 0 Å². The van der Waals surface area contributed by atoms with E-state index < -0.39 is 15.3 Å². The Balaban J connectivity index is 2.45. The summed E-state index contributed by atoms with van der Waals surface area (Å²) in [6, 6.07) is 7.77. The SMILES string of the molecule is CC(CNS(=O)(=O)C(C)C)c1ccc(C#CCCCNC(=O)N(C)C)cc1. The van der Waals surface area contributed by atoms with Crippen LogP contribution in [0.5, 0.6) is 0 Å². The lowest BCUT2D eigenvalue weighted by Crippen LogP contribution is -2.34. The first-order valence-corrected chi connectivity index (χ1v) is 10.7. The minimum atomic E-state index is -3.24. The fourth-order valence-electron chi connectivity index (χ4n) is 2.12. The van der Waals surface area contributed by atoms with E-state index in [4.69, 9.17) is 0 Å². The summed E-state index contributed by atoms with van der Waals surface area (Å²) >= 11 is 0. The number of amides is 2. The Morgan fingerprint density at radius 1 is 1.15 bits per heavy atom. The molecule has 1 aromatic carbocycles. The molecule has 27 heavy (non-hydrogen) atoms. The van der Waals surface area contributed by atoms with Crippen LogP contribution in [0, 0.1) is 11.8 Å². The lowest BCUT2D eigenvalue weighted by atomic mass is 10.0. The van der Waals surface area contributed by atoms with E-state index in [1.54, 1.807) is 27.9 Å². The van der Waals surface area contributed by atoms with Gasteiger partial charge in [0.15, 0.2) is 0 Å². The van der Waals surface area contributed by atoms with Crippen molar-refractivity contribution in [3.8, 4) is 11.8 Å². The number of nitrogens with one attached hydrogen (secondary N) is 2. The third-order valence-electron chi connectivity index (χ3n) is 4.08. The zero-order valence-corrected chi connectivity index (χ0v) is 17.7. The number of hydrogen-bond acceptors (Lipinski definition) is 3. The highest BCUT2D eigenvalue weighted by atomic mass is 32.2. The van der Waals surface area contributed by atoms with E-state index in [1.807, 2.05) is 31.2 Å². The molecule has 1 aromatic rings. The van der Waals surface area contributed by atoms with Crippen LogP contribution in [0.4, 0.5) is 4.79 Å². The molecular formula is C20H31N3O3S. The average molecular weight is 394 g/mol. The number of rotatable bonds is 8. The van der Waals surface area contributed by atoms with E-state index in [9.17, 15) is 13.2 Å². The van der Waals surface area contributed by atoms with Crippen molar-refractivity contribution in [1.82, 2.24) is 14.9 Å². The van der Waals surface area contributed by atoms with Gasteiger partial charge in [0.2, 0.25) is 10.0 Å². The first-order valence-electron chi connectivity index (χ1n) is 9.16. The molecule has 2 N–H and O–H groups in total. The molecule has 0 radical (unpaired) electrons. The molecule has 6 nitrogen and oxygen atoms in total. The number of unbranched alkanes of at least 4 members (excludes halogenated alkanes) is 1. The number of sulfonamides is 1. The highest BCUT2D eigenvalue weighted by molar-refractivity contribution is 7.90.